The molecule has 1 aliphatic heterocycles. The van der Waals surface area contributed by atoms with Crippen LogP contribution >= 0.6 is 15.9 Å². The van der Waals surface area contributed by atoms with Gasteiger partial charge in [0.1, 0.15) is 11.4 Å². The fourth-order valence-corrected chi connectivity index (χ4v) is 2.23. The van der Waals surface area contributed by atoms with Crippen molar-refractivity contribution in [2.45, 2.75) is 0 Å². The molecule has 4 nitrogen and oxygen atoms in total. The standard InChI is InChI=1S/C15H10BrN3O/c16-11-6-2-1-5-10(11)9-13-15(20)19-14(18-13)12-7-3-4-8-17-12/h1-9H,(H,18,19,20)/b13-9-. The van der Waals surface area contributed by atoms with Gasteiger partial charge in [-0.05, 0) is 29.8 Å². The van der Waals surface area contributed by atoms with Gasteiger partial charge in [0.15, 0.2) is 5.84 Å². The quantitative estimate of drug-likeness (QED) is 0.862. The molecular weight excluding hydrogens is 318 g/mol. The summed E-state index contributed by atoms with van der Waals surface area (Å²) in [6.45, 7) is 0. The number of carbonyl (C=O) groups excluding carboxylic acids is 1. The zero-order valence-electron chi connectivity index (χ0n) is 10.4. The molecule has 3 rings (SSSR count). The van der Waals surface area contributed by atoms with Crippen LogP contribution in [0, 0.1) is 0 Å². The van der Waals surface area contributed by atoms with Crippen LogP contribution in [0.1, 0.15) is 11.3 Å². The molecule has 0 radical (unpaired) electrons. The van der Waals surface area contributed by atoms with E-state index >= 15 is 0 Å². The molecule has 0 saturated heterocycles. The van der Waals surface area contributed by atoms with Crippen molar-refractivity contribution in [3.63, 3.8) is 0 Å². The highest BCUT2D eigenvalue weighted by Gasteiger charge is 2.21. The number of halogens is 1. The summed E-state index contributed by atoms with van der Waals surface area (Å²) in [4.78, 5) is 20.4. The van der Waals surface area contributed by atoms with Gasteiger partial charge in [-0.25, -0.2) is 4.99 Å². The van der Waals surface area contributed by atoms with Crippen LogP contribution in [0.4, 0.5) is 0 Å². The molecule has 5 heteroatoms. The highest BCUT2D eigenvalue weighted by atomic mass is 79.9. The number of amides is 1. The molecule has 2 aromatic rings. The first-order valence-corrected chi connectivity index (χ1v) is 6.81. The van der Waals surface area contributed by atoms with Gasteiger partial charge in [0.25, 0.3) is 5.91 Å². The molecule has 1 N–H and O–H groups in total. The molecule has 1 amide bonds. The highest BCUT2D eigenvalue weighted by molar-refractivity contribution is 9.10. The minimum absolute atomic E-state index is 0.221. The molecule has 0 fully saturated rings. The summed E-state index contributed by atoms with van der Waals surface area (Å²) in [5.41, 5.74) is 1.93. The number of nitrogens with zero attached hydrogens (tertiary/aromatic N) is 2. The maximum atomic E-state index is 11.9. The highest BCUT2D eigenvalue weighted by Crippen LogP contribution is 2.21. The minimum Gasteiger partial charge on any atom is -0.303 e. The lowest BCUT2D eigenvalue weighted by atomic mass is 10.2. The van der Waals surface area contributed by atoms with Crippen LogP contribution in [0.3, 0.4) is 0 Å². The van der Waals surface area contributed by atoms with Crippen molar-refractivity contribution < 1.29 is 4.79 Å². The molecule has 1 aliphatic rings. The van der Waals surface area contributed by atoms with E-state index in [1.165, 1.54) is 0 Å². The van der Waals surface area contributed by atoms with Gasteiger partial charge >= 0.3 is 0 Å². The third kappa shape index (κ3) is 2.53. The average Bonchev–Trinajstić information content (AvgIpc) is 2.84. The normalized spacial score (nSPS) is 16.1. The number of rotatable bonds is 2. The van der Waals surface area contributed by atoms with Gasteiger partial charge in [-0.2, -0.15) is 0 Å². The Morgan fingerprint density at radius 3 is 2.65 bits per heavy atom. The van der Waals surface area contributed by atoms with Crippen molar-refractivity contribution >= 4 is 33.7 Å². The van der Waals surface area contributed by atoms with E-state index in [0.717, 1.165) is 10.0 Å². The maximum Gasteiger partial charge on any atom is 0.275 e. The number of carbonyl (C=O) groups is 1. The van der Waals surface area contributed by atoms with Gasteiger partial charge in [-0.15, -0.1) is 0 Å². The van der Waals surface area contributed by atoms with Crippen molar-refractivity contribution in [3.05, 3.63) is 70.1 Å². The zero-order chi connectivity index (χ0) is 13.9. The third-order valence-electron chi connectivity index (χ3n) is 2.80. The molecule has 0 atom stereocenters. The van der Waals surface area contributed by atoms with Gasteiger partial charge in [0.2, 0.25) is 0 Å². The Kier molecular flexibility index (Phi) is 3.43. The lowest BCUT2D eigenvalue weighted by Gasteiger charge is -1.97. The van der Waals surface area contributed by atoms with Crippen molar-refractivity contribution in [2.75, 3.05) is 0 Å². The Morgan fingerprint density at radius 2 is 1.90 bits per heavy atom. The molecule has 0 saturated carbocycles. The second kappa shape index (κ2) is 5.38. The van der Waals surface area contributed by atoms with Crippen LogP contribution in [0.15, 0.2) is 63.8 Å². The first-order chi connectivity index (χ1) is 9.74. The fraction of sp³-hybridized carbons (Fsp3) is 0. The monoisotopic (exact) mass is 327 g/mol. The molecular formula is C15H10BrN3O. The topological polar surface area (TPSA) is 54.4 Å². The van der Waals surface area contributed by atoms with Crippen molar-refractivity contribution in [1.82, 2.24) is 10.3 Å². The van der Waals surface area contributed by atoms with Gasteiger partial charge in [0.05, 0.1) is 0 Å². The van der Waals surface area contributed by atoms with Crippen LogP contribution in [0.5, 0.6) is 0 Å². The van der Waals surface area contributed by atoms with Crippen molar-refractivity contribution in [2.24, 2.45) is 4.99 Å². The van der Waals surface area contributed by atoms with Crippen LogP contribution in [0.2, 0.25) is 0 Å². The lowest BCUT2D eigenvalue weighted by Crippen LogP contribution is -2.25. The second-order valence-corrected chi connectivity index (χ2v) is 5.03. The largest absolute Gasteiger partial charge is 0.303 e. The summed E-state index contributed by atoms with van der Waals surface area (Å²) in [6, 6.07) is 13.1. The Morgan fingerprint density at radius 1 is 1.10 bits per heavy atom. The van der Waals surface area contributed by atoms with E-state index < -0.39 is 0 Å². The smallest absolute Gasteiger partial charge is 0.275 e. The minimum atomic E-state index is -0.221. The molecule has 2 heterocycles. The van der Waals surface area contributed by atoms with Crippen LogP contribution in [0.25, 0.3) is 6.08 Å². The summed E-state index contributed by atoms with van der Waals surface area (Å²) in [5.74, 6) is 0.260. The number of benzene rings is 1. The number of hydrogen-bond donors (Lipinski definition) is 1. The molecule has 98 valence electrons. The summed E-state index contributed by atoms with van der Waals surface area (Å²) in [5, 5.41) is 2.72. The summed E-state index contributed by atoms with van der Waals surface area (Å²) < 4.78 is 0.918. The number of hydrogen-bond acceptors (Lipinski definition) is 3. The van der Waals surface area contributed by atoms with E-state index in [-0.39, 0.29) is 5.91 Å². The van der Waals surface area contributed by atoms with Crippen molar-refractivity contribution in [1.29, 1.82) is 0 Å². The molecule has 1 aromatic carbocycles. The van der Waals surface area contributed by atoms with Gasteiger partial charge < -0.3 is 5.32 Å². The van der Waals surface area contributed by atoms with E-state index in [0.29, 0.717) is 17.2 Å². The summed E-state index contributed by atoms with van der Waals surface area (Å²) in [6.07, 6.45) is 3.41. The maximum absolute atomic E-state index is 11.9. The predicted molar refractivity (Wildman–Crippen MR) is 81.0 cm³/mol. The number of nitrogens with one attached hydrogen (secondary N) is 1. The SMILES string of the molecule is O=C1NC(c2ccccn2)=N/C1=C\c1ccccc1Br. The van der Waals surface area contributed by atoms with E-state index in [2.05, 4.69) is 31.2 Å². The summed E-state index contributed by atoms with van der Waals surface area (Å²) >= 11 is 3.45. The Labute approximate surface area is 124 Å². The van der Waals surface area contributed by atoms with E-state index in [1.807, 2.05) is 36.4 Å². The predicted octanol–water partition coefficient (Wildman–Crippen LogP) is 2.76. The number of pyridine rings is 1. The molecule has 0 unspecified atom stereocenters. The molecule has 1 aromatic heterocycles. The van der Waals surface area contributed by atoms with Gasteiger partial charge in [-0.1, -0.05) is 40.2 Å². The summed E-state index contributed by atoms with van der Waals surface area (Å²) in [7, 11) is 0. The Balaban J connectivity index is 1.97. The number of aliphatic imine (C=N–C) groups is 1. The Bertz CT molecular complexity index is 723. The van der Waals surface area contributed by atoms with Gasteiger partial charge in [0, 0.05) is 10.7 Å². The van der Waals surface area contributed by atoms with Crippen LogP contribution in [-0.4, -0.2) is 16.7 Å². The average molecular weight is 328 g/mol. The third-order valence-corrected chi connectivity index (χ3v) is 3.52. The first kappa shape index (κ1) is 12.7. The van der Waals surface area contributed by atoms with E-state index in [9.17, 15) is 4.79 Å². The number of amidine groups is 1. The molecule has 0 spiro atoms. The molecule has 0 bridgehead atoms. The number of aromatic nitrogens is 1. The second-order valence-electron chi connectivity index (χ2n) is 4.18. The van der Waals surface area contributed by atoms with E-state index in [1.54, 1.807) is 18.3 Å². The fourth-order valence-electron chi connectivity index (χ4n) is 1.83. The Hall–Kier alpha value is -2.27. The first-order valence-electron chi connectivity index (χ1n) is 6.02. The lowest BCUT2D eigenvalue weighted by molar-refractivity contribution is -0.115. The van der Waals surface area contributed by atoms with Gasteiger partial charge in [-0.3, -0.25) is 9.78 Å². The van der Waals surface area contributed by atoms with Crippen LogP contribution in [-0.2, 0) is 4.79 Å². The van der Waals surface area contributed by atoms with E-state index in [4.69, 9.17) is 0 Å². The zero-order valence-corrected chi connectivity index (χ0v) is 12.0. The molecule has 20 heavy (non-hydrogen) atoms. The molecule has 0 aliphatic carbocycles. The van der Waals surface area contributed by atoms with Crippen molar-refractivity contribution in [3.8, 4) is 0 Å². The van der Waals surface area contributed by atoms with Crippen LogP contribution < -0.4 is 5.32 Å².